The number of aromatic nitrogens is 2. The van der Waals surface area contributed by atoms with E-state index >= 15 is 0 Å². The van der Waals surface area contributed by atoms with Gasteiger partial charge in [-0.25, -0.2) is 4.98 Å². The Morgan fingerprint density at radius 1 is 1.21 bits per heavy atom. The van der Waals surface area contributed by atoms with E-state index in [0.717, 1.165) is 37.3 Å². The Bertz CT molecular complexity index is 689. The first-order valence-electron chi connectivity index (χ1n) is 9.45. The number of carboxylic acid groups (broad SMARTS) is 1. The highest BCUT2D eigenvalue weighted by atomic mass is 35.5. The molecule has 2 rings (SSSR count). The predicted molar refractivity (Wildman–Crippen MR) is 115 cm³/mol. The number of hydrogen-bond acceptors (Lipinski definition) is 4. The molecular formula is C20H28Cl2N4O2. The van der Waals surface area contributed by atoms with Crippen LogP contribution in [0, 0.1) is 0 Å². The Hall–Kier alpha value is -1.76. The summed E-state index contributed by atoms with van der Waals surface area (Å²) in [7, 11) is 0. The van der Waals surface area contributed by atoms with Crippen molar-refractivity contribution < 1.29 is 9.90 Å². The van der Waals surface area contributed by atoms with Crippen LogP contribution in [0.15, 0.2) is 36.8 Å². The normalized spacial score (nSPS) is 13.2. The number of H-pyrrole nitrogens is 1. The van der Waals surface area contributed by atoms with Crippen LogP contribution in [0.3, 0.4) is 0 Å². The van der Waals surface area contributed by atoms with Crippen LogP contribution in [0.1, 0.15) is 36.4 Å². The van der Waals surface area contributed by atoms with E-state index in [4.69, 9.17) is 34.0 Å². The van der Waals surface area contributed by atoms with Crippen LogP contribution in [-0.4, -0.2) is 51.9 Å². The molecule has 1 aromatic carbocycles. The van der Waals surface area contributed by atoms with Crippen LogP contribution in [0.5, 0.6) is 0 Å². The number of carbonyl (C=O) groups is 1. The van der Waals surface area contributed by atoms with Crippen LogP contribution in [-0.2, 0) is 11.2 Å². The second-order valence-electron chi connectivity index (χ2n) is 6.87. The zero-order chi connectivity index (χ0) is 20.4. The molecule has 8 heteroatoms. The number of alkyl halides is 2. The molecule has 0 aliphatic carbocycles. The highest BCUT2D eigenvalue weighted by Crippen LogP contribution is 2.24. The largest absolute Gasteiger partial charge is 0.481 e. The lowest BCUT2D eigenvalue weighted by molar-refractivity contribution is -0.137. The lowest BCUT2D eigenvalue weighted by atomic mass is 9.91. The number of halogens is 2. The fourth-order valence-electron chi connectivity index (χ4n) is 3.30. The molecule has 1 heterocycles. The summed E-state index contributed by atoms with van der Waals surface area (Å²) < 4.78 is 0. The van der Waals surface area contributed by atoms with Crippen molar-refractivity contribution in [3.63, 3.8) is 0 Å². The Labute approximate surface area is 176 Å². The molecule has 1 unspecified atom stereocenters. The Kier molecular flexibility index (Phi) is 9.61. The second-order valence-corrected chi connectivity index (χ2v) is 7.62. The van der Waals surface area contributed by atoms with Crippen molar-refractivity contribution in [1.82, 2.24) is 9.97 Å². The number of carboxylic acids is 1. The molecule has 0 aliphatic heterocycles. The molecular weight excluding hydrogens is 399 g/mol. The predicted octanol–water partition coefficient (Wildman–Crippen LogP) is 3.60. The molecule has 0 saturated carbocycles. The summed E-state index contributed by atoms with van der Waals surface area (Å²) in [6.07, 6.45) is 5.51. The number of imidazole rings is 1. The smallest absolute Gasteiger partial charge is 0.304 e. The molecule has 1 aromatic heterocycles. The highest BCUT2D eigenvalue weighted by molar-refractivity contribution is 6.18. The zero-order valence-corrected chi connectivity index (χ0v) is 17.4. The molecule has 0 fully saturated rings. The SMILES string of the molecule is N[C@@H](CCc1ccc(N(CCCl)CCCl)cc1)CC(CC(=O)O)c1cnc[nH]1. The maximum Gasteiger partial charge on any atom is 0.304 e. The lowest BCUT2D eigenvalue weighted by Gasteiger charge is -2.23. The van der Waals surface area contributed by atoms with E-state index in [2.05, 4.69) is 39.1 Å². The van der Waals surface area contributed by atoms with Crippen molar-refractivity contribution >= 4 is 34.9 Å². The number of hydrogen-bond donors (Lipinski definition) is 3. The van der Waals surface area contributed by atoms with Gasteiger partial charge >= 0.3 is 5.97 Å². The van der Waals surface area contributed by atoms with Gasteiger partial charge in [-0.2, -0.15) is 0 Å². The van der Waals surface area contributed by atoms with Crippen molar-refractivity contribution in [3.05, 3.63) is 48.0 Å². The Balaban J connectivity index is 1.89. The summed E-state index contributed by atoms with van der Waals surface area (Å²) in [6, 6.07) is 8.27. The number of nitrogens with one attached hydrogen (secondary N) is 1. The van der Waals surface area contributed by atoms with Crippen molar-refractivity contribution in [1.29, 1.82) is 0 Å². The van der Waals surface area contributed by atoms with Gasteiger partial charge in [0.15, 0.2) is 0 Å². The standard InChI is InChI=1S/C20H28Cl2N4O2/c21-7-9-26(10-8-22)18-5-2-15(3-6-18)1-4-17(23)11-16(12-20(27)28)19-13-24-14-25-19/h2-3,5-6,13-14,16-17H,1,4,7-12,23H2,(H,24,25)(H,27,28)/t16?,17-/m0/s1. The van der Waals surface area contributed by atoms with Gasteiger partial charge in [-0.05, 0) is 37.0 Å². The number of aryl methyl sites for hydroxylation is 1. The minimum absolute atomic E-state index is 0.0432. The molecule has 2 aromatic rings. The number of aliphatic carboxylic acids is 1. The average Bonchev–Trinajstić information content (AvgIpc) is 3.21. The van der Waals surface area contributed by atoms with E-state index in [0.29, 0.717) is 18.2 Å². The summed E-state index contributed by atoms with van der Waals surface area (Å²) in [4.78, 5) is 20.3. The van der Waals surface area contributed by atoms with Crippen LogP contribution in [0.2, 0.25) is 0 Å². The minimum Gasteiger partial charge on any atom is -0.481 e. The van der Waals surface area contributed by atoms with E-state index in [1.165, 1.54) is 5.56 Å². The van der Waals surface area contributed by atoms with Crippen LogP contribution in [0.25, 0.3) is 0 Å². The topological polar surface area (TPSA) is 95.2 Å². The molecule has 154 valence electrons. The monoisotopic (exact) mass is 426 g/mol. The van der Waals surface area contributed by atoms with Crippen LogP contribution < -0.4 is 10.6 Å². The van der Waals surface area contributed by atoms with Gasteiger partial charge in [0.2, 0.25) is 0 Å². The third kappa shape index (κ3) is 7.34. The molecule has 0 amide bonds. The number of nitrogens with zero attached hydrogens (tertiary/aromatic N) is 2. The molecule has 0 spiro atoms. The van der Waals surface area contributed by atoms with Gasteiger partial charge in [-0.3, -0.25) is 4.79 Å². The summed E-state index contributed by atoms with van der Waals surface area (Å²) in [6.45, 7) is 1.52. The van der Waals surface area contributed by atoms with E-state index in [1.54, 1.807) is 12.5 Å². The number of rotatable bonds is 13. The molecule has 0 radical (unpaired) electrons. The van der Waals surface area contributed by atoms with Crippen molar-refractivity contribution in [2.24, 2.45) is 5.73 Å². The summed E-state index contributed by atoms with van der Waals surface area (Å²) in [5, 5.41) is 9.16. The Morgan fingerprint density at radius 2 is 1.89 bits per heavy atom. The van der Waals surface area contributed by atoms with Gasteiger partial charge in [0, 0.05) is 54.4 Å². The van der Waals surface area contributed by atoms with Crippen molar-refractivity contribution in [3.8, 4) is 0 Å². The number of nitrogens with two attached hydrogens (primary N) is 1. The van der Waals surface area contributed by atoms with Gasteiger partial charge in [-0.15, -0.1) is 23.2 Å². The fraction of sp³-hybridized carbons (Fsp3) is 0.500. The third-order valence-electron chi connectivity index (χ3n) is 4.78. The molecule has 28 heavy (non-hydrogen) atoms. The molecule has 0 saturated heterocycles. The van der Waals surface area contributed by atoms with Gasteiger partial charge in [0.25, 0.3) is 0 Å². The second kappa shape index (κ2) is 11.9. The molecule has 6 nitrogen and oxygen atoms in total. The van der Waals surface area contributed by atoms with E-state index in [-0.39, 0.29) is 18.4 Å². The maximum atomic E-state index is 11.2. The lowest BCUT2D eigenvalue weighted by Crippen LogP contribution is -2.27. The highest BCUT2D eigenvalue weighted by Gasteiger charge is 2.20. The first-order chi connectivity index (χ1) is 13.5. The van der Waals surface area contributed by atoms with E-state index in [1.807, 2.05) is 0 Å². The molecule has 0 bridgehead atoms. The number of benzene rings is 1. The van der Waals surface area contributed by atoms with Crippen LogP contribution in [0.4, 0.5) is 5.69 Å². The van der Waals surface area contributed by atoms with E-state index in [9.17, 15) is 4.79 Å². The number of anilines is 1. The number of aromatic amines is 1. The molecule has 4 N–H and O–H groups in total. The quantitative estimate of drug-likeness (QED) is 0.425. The van der Waals surface area contributed by atoms with E-state index < -0.39 is 5.97 Å². The first kappa shape index (κ1) is 22.5. The third-order valence-corrected chi connectivity index (χ3v) is 5.12. The molecule has 2 atom stereocenters. The molecule has 0 aliphatic rings. The zero-order valence-electron chi connectivity index (χ0n) is 15.9. The summed E-state index contributed by atoms with van der Waals surface area (Å²) in [5.74, 6) is 0.126. The summed E-state index contributed by atoms with van der Waals surface area (Å²) in [5.41, 5.74) is 9.42. The van der Waals surface area contributed by atoms with Crippen LogP contribution >= 0.6 is 23.2 Å². The maximum absolute atomic E-state index is 11.2. The van der Waals surface area contributed by atoms with Crippen molar-refractivity contribution in [2.45, 2.75) is 37.6 Å². The van der Waals surface area contributed by atoms with Gasteiger partial charge < -0.3 is 20.7 Å². The minimum atomic E-state index is -0.833. The summed E-state index contributed by atoms with van der Waals surface area (Å²) >= 11 is 11.7. The van der Waals surface area contributed by atoms with Gasteiger partial charge in [0.1, 0.15) is 0 Å². The average molecular weight is 427 g/mol. The van der Waals surface area contributed by atoms with Gasteiger partial charge in [-0.1, -0.05) is 12.1 Å². The fourth-order valence-corrected chi connectivity index (χ4v) is 3.71. The van der Waals surface area contributed by atoms with Gasteiger partial charge in [0.05, 0.1) is 12.7 Å². The first-order valence-corrected chi connectivity index (χ1v) is 10.5. The Morgan fingerprint density at radius 3 is 2.43 bits per heavy atom. The van der Waals surface area contributed by atoms with Crippen molar-refractivity contribution in [2.75, 3.05) is 29.7 Å².